The number of ether oxygens (including phenoxy) is 1. The average molecular weight is 412 g/mol. The molecule has 160 valence electrons. The molecule has 0 aliphatic rings. The van der Waals surface area contributed by atoms with Gasteiger partial charge in [0.05, 0.1) is 29.5 Å². The van der Waals surface area contributed by atoms with Gasteiger partial charge < -0.3 is 10.1 Å². The molecule has 0 radical (unpaired) electrons. The molecular formula is C20H27F3N4O2. The van der Waals surface area contributed by atoms with Gasteiger partial charge in [-0.3, -0.25) is 0 Å². The number of alkyl carbamates (subject to hydrolysis) is 1. The van der Waals surface area contributed by atoms with Gasteiger partial charge in [0, 0.05) is 0 Å². The van der Waals surface area contributed by atoms with E-state index in [-0.39, 0.29) is 12.8 Å². The Morgan fingerprint density at radius 2 is 1.97 bits per heavy atom. The first-order valence-corrected chi connectivity index (χ1v) is 9.26. The Hall–Kier alpha value is -2.58. The molecule has 1 amide bonds. The number of fused-ring (bicyclic) bond motifs is 1. The minimum Gasteiger partial charge on any atom is -0.444 e. The first kappa shape index (κ1) is 22.7. The molecule has 0 fully saturated rings. The second-order valence-corrected chi connectivity index (χ2v) is 8.58. The van der Waals surface area contributed by atoms with E-state index in [0.29, 0.717) is 11.3 Å². The van der Waals surface area contributed by atoms with Crippen LogP contribution in [0, 0.1) is 5.41 Å². The van der Waals surface area contributed by atoms with E-state index >= 15 is 0 Å². The lowest BCUT2D eigenvalue weighted by atomic mass is 9.85. The molecule has 0 aliphatic carbocycles. The zero-order valence-electron chi connectivity index (χ0n) is 17.3. The highest BCUT2D eigenvalue weighted by Crippen LogP contribution is 2.42. The molecule has 2 aromatic rings. The standard InChI is InChI=1S/C20H27F3N4O2/c1-7-13-10-16-25-15(12-27(16)24-11-13)14(26-17(28)29-18(2,3)4)8-9-19(5,6)20(21,22)23/h7,10-12,14H,1,8-9H2,2-6H3,(H,26,28)/t14-/m0/s1. The average Bonchev–Trinajstić information content (AvgIpc) is 2.98. The molecule has 6 nitrogen and oxygen atoms in total. The van der Waals surface area contributed by atoms with Crippen LogP contribution in [-0.2, 0) is 4.74 Å². The topological polar surface area (TPSA) is 68.5 Å². The number of halogens is 3. The first-order valence-electron chi connectivity index (χ1n) is 9.26. The van der Waals surface area contributed by atoms with Gasteiger partial charge in [0.15, 0.2) is 5.65 Å². The molecule has 0 saturated carbocycles. The molecule has 2 heterocycles. The smallest absolute Gasteiger partial charge is 0.408 e. The molecule has 0 bridgehead atoms. The fourth-order valence-corrected chi connectivity index (χ4v) is 2.58. The van der Waals surface area contributed by atoms with Crippen molar-refractivity contribution in [3.63, 3.8) is 0 Å². The minimum absolute atomic E-state index is 0.0317. The van der Waals surface area contributed by atoms with Crippen molar-refractivity contribution in [1.29, 1.82) is 0 Å². The van der Waals surface area contributed by atoms with Crippen LogP contribution < -0.4 is 5.32 Å². The molecule has 9 heteroatoms. The van der Waals surface area contributed by atoms with E-state index in [1.807, 2.05) is 0 Å². The van der Waals surface area contributed by atoms with Crippen molar-refractivity contribution in [1.82, 2.24) is 19.9 Å². The molecule has 0 spiro atoms. The largest absolute Gasteiger partial charge is 0.444 e. The summed E-state index contributed by atoms with van der Waals surface area (Å²) in [5, 5.41) is 6.85. The van der Waals surface area contributed by atoms with Crippen LogP contribution in [0.4, 0.5) is 18.0 Å². The van der Waals surface area contributed by atoms with E-state index in [9.17, 15) is 18.0 Å². The van der Waals surface area contributed by atoms with Crippen LogP contribution in [0.2, 0.25) is 0 Å². The Labute approximate surface area is 168 Å². The highest BCUT2D eigenvalue weighted by Gasteiger charge is 2.47. The molecule has 1 N–H and O–H groups in total. The van der Waals surface area contributed by atoms with Gasteiger partial charge in [-0.05, 0) is 45.2 Å². The normalized spacial score (nSPS) is 13.9. The summed E-state index contributed by atoms with van der Waals surface area (Å²) in [7, 11) is 0. The van der Waals surface area contributed by atoms with Crippen LogP contribution >= 0.6 is 0 Å². The summed E-state index contributed by atoms with van der Waals surface area (Å²) in [5.41, 5.74) is -0.983. The van der Waals surface area contributed by atoms with Gasteiger partial charge in [0.25, 0.3) is 0 Å². The Bertz CT molecular complexity index is 882. The van der Waals surface area contributed by atoms with Crippen molar-refractivity contribution in [2.75, 3.05) is 0 Å². The van der Waals surface area contributed by atoms with Gasteiger partial charge in [0.2, 0.25) is 0 Å². The number of hydrogen-bond acceptors (Lipinski definition) is 4. The third-order valence-corrected chi connectivity index (χ3v) is 4.47. The summed E-state index contributed by atoms with van der Waals surface area (Å²) in [4.78, 5) is 16.7. The van der Waals surface area contributed by atoms with Crippen LogP contribution in [-0.4, -0.2) is 32.5 Å². The summed E-state index contributed by atoms with van der Waals surface area (Å²) in [6.45, 7) is 11.1. The van der Waals surface area contributed by atoms with Crippen molar-refractivity contribution in [3.8, 4) is 0 Å². The van der Waals surface area contributed by atoms with Gasteiger partial charge >= 0.3 is 12.3 Å². The number of amides is 1. The molecule has 2 rings (SSSR count). The monoisotopic (exact) mass is 412 g/mol. The van der Waals surface area contributed by atoms with Gasteiger partial charge in [0.1, 0.15) is 5.60 Å². The van der Waals surface area contributed by atoms with Gasteiger partial charge in [-0.2, -0.15) is 18.3 Å². The molecule has 0 aromatic carbocycles. The minimum atomic E-state index is -4.36. The highest BCUT2D eigenvalue weighted by atomic mass is 19.4. The Balaban J connectivity index is 2.31. The van der Waals surface area contributed by atoms with E-state index in [0.717, 1.165) is 19.4 Å². The summed E-state index contributed by atoms with van der Waals surface area (Å²) in [6, 6.07) is 0.980. The van der Waals surface area contributed by atoms with Crippen LogP contribution in [0.3, 0.4) is 0 Å². The van der Waals surface area contributed by atoms with E-state index in [2.05, 4.69) is 22.0 Å². The molecule has 0 saturated heterocycles. The van der Waals surface area contributed by atoms with Crippen LogP contribution in [0.25, 0.3) is 11.7 Å². The second kappa shape index (κ2) is 8.04. The Kier molecular flexibility index (Phi) is 6.30. The van der Waals surface area contributed by atoms with Gasteiger partial charge in [-0.15, -0.1) is 0 Å². The maximum atomic E-state index is 13.3. The van der Waals surface area contributed by atoms with Crippen molar-refractivity contribution in [2.24, 2.45) is 5.41 Å². The Morgan fingerprint density at radius 3 is 2.52 bits per heavy atom. The van der Waals surface area contributed by atoms with E-state index < -0.39 is 29.3 Å². The number of carbonyl (C=O) groups excluding carboxylic acids is 1. The maximum Gasteiger partial charge on any atom is 0.408 e. The molecular weight excluding hydrogens is 385 g/mol. The fourth-order valence-electron chi connectivity index (χ4n) is 2.58. The quantitative estimate of drug-likeness (QED) is 0.698. The third-order valence-electron chi connectivity index (χ3n) is 4.47. The van der Waals surface area contributed by atoms with Crippen LogP contribution in [0.5, 0.6) is 0 Å². The van der Waals surface area contributed by atoms with Crippen LogP contribution in [0.1, 0.15) is 64.8 Å². The third kappa shape index (κ3) is 5.95. The predicted molar refractivity (Wildman–Crippen MR) is 104 cm³/mol. The van der Waals surface area contributed by atoms with Crippen LogP contribution in [0.15, 0.2) is 25.0 Å². The number of hydrogen-bond donors (Lipinski definition) is 1. The molecule has 0 aliphatic heterocycles. The summed E-state index contributed by atoms with van der Waals surface area (Å²) < 4.78 is 46.6. The zero-order chi connectivity index (χ0) is 22.0. The molecule has 1 atom stereocenters. The number of carbonyl (C=O) groups is 1. The van der Waals surface area contributed by atoms with Gasteiger partial charge in [-0.25, -0.2) is 14.3 Å². The zero-order valence-corrected chi connectivity index (χ0v) is 17.3. The predicted octanol–water partition coefficient (Wildman–Crippen LogP) is 5.31. The van der Waals surface area contributed by atoms with Gasteiger partial charge in [-0.1, -0.05) is 26.5 Å². The van der Waals surface area contributed by atoms with Crippen molar-refractivity contribution >= 4 is 17.8 Å². The number of nitrogens with one attached hydrogen (secondary N) is 1. The fraction of sp³-hybridized carbons (Fsp3) is 0.550. The van der Waals surface area contributed by atoms with Crippen molar-refractivity contribution < 1.29 is 22.7 Å². The van der Waals surface area contributed by atoms with E-state index in [1.165, 1.54) is 4.52 Å². The maximum absolute atomic E-state index is 13.3. The first-order chi connectivity index (χ1) is 13.2. The lowest BCUT2D eigenvalue weighted by Gasteiger charge is -2.29. The number of alkyl halides is 3. The molecule has 2 aromatic heterocycles. The lowest BCUT2D eigenvalue weighted by molar-refractivity contribution is -0.214. The number of imidazole rings is 1. The lowest BCUT2D eigenvalue weighted by Crippen LogP contribution is -2.37. The molecule has 0 unspecified atom stereocenters. The summed E-state index contributed by atoms with van der Waals surface area (Å²) in [5.74, 6) is 0. The molecule has 29 heavy (non-hydrogen) atoms. The number of rotatable bonds is 6. The van der Waals surface area contributed by atoms with E-state index in [4.69, 9.17) is 4.74 Å². The highest BCUT2D eigenvalue weighted by molar-refractivity contribution is 5.68. The van der Waals surface area contributed by atoms with Crippen molar-refractivity contribution in [3.05, 3.63) is 36.3 Å². The van der Waals surface area contributed by atoms with Crippen molar-refractivity contribution in [2.45, 2.75) is 65.3 Å². The number of aromatic nitrogens is 3. The SMILES string of the molecule is C=Cc1cnn2cc([C@H](CCC(C)(C)C(F)(F)F)NC(=O)OC(C)(C)C)nc2c1. The summed E-state index contributed by atoms with van der Waals surface area (Å²) >= 11 is 0. The summed E-state index contributed by atoms with van der Waals surface area (Å²) in [6.07, 6.45) is -0.449. The Morgan fingerprint density at radius 1 is 1.31 bits per heavy atom. The second-order valence-electron chi connectivity index (χ2n) is 8.58. The number of nitrogens with zero attached hydrogens (tertiary/aromatic N) is 3. The van der Waals surface area contributed by atoms with E-state index in [1.54, 1.807) is 45.3 Å².